The number of halogens is 1. The SMILES string of the molecule is CC(C)CC(C)n1cc(Cl)cc1C(=O)O. The number of hydrogen-bond donors (Lipinski definition) is 1. The van der Waals surface area contributed by atoms with Gasteiger partial charge in [0.1, 0.15) is 5.69 Å². The lowest BCUT2D eigenvalue weighted by molar-refractivity contribution is 0.0682. The van der Waals surface area contributed by atoms with Crippen molar-refractivity contribution in [3.63, 3.8) is 0 Å². The molecule has 4 heteroatoms. The van der Waals surface area contributed by atoms with E-state index in [4.69, 9.17) is 16.7 Å². The zero-order valence-electron chi connectivity index (χ0n) is 9.20. The van der Waals surface area contributed by atoms with Crippen LogP contribution in [-0.4, -0.2) is 15.6 Å². The molecule has 0 aliphatic heterocycles. The summed E-state index contributed by atoms with van der Waals surface area (Å²) in [5.74, 6) is -0.402. The Kier molecular flexibility index (Phi) is 3.80. The molecule has 0 aromatic carbocycles. The average Bonchev–Trinajstić information content (AvgIpc) is 2.46. The summed E-state index contributed by atoms with van der Waals surface area (Å²) in [5, 5.41) is 9.46. The Hall–Kier alpha value is -0.960. The molecule has 1 rings (SSSR count). The van der Waals surface area contributed by atoms with Gasteiger partial charge in [-0.2, -0.15) is 0 Å². The summed E-state index contributed by atoms with van der Waals surface area (Å²) in [4.78, 5) is 10.9. The van der Waals surface area contributed by atoms with Crippen molar-refractivity contribution in [3.8, 4) is 0 Å². The van der Waals surface area contributed by atoms with Crippen LogP contribution >= 0.6 is 11.6 Å². The van der Waals surface area contributed by atoms with Crippen LogP contribution in [0.15, 0.2) is 12.3 Å². The van der Waals surface area contributed by atoms with Crippen molar-refractivity contribution in [3.05, 3.63) is 23.0 Å². The summed E-state index contributed by atoms with van der Waals surface area (Å²) in [5.41, 5.74) is 0.258. The highest BCUT2D eigenvalue weighted by Crippen LogP contribution is 2.23. The quantitative estimate of drug-likeness (QED) is 0.859. The number of rotatable bonds is 4. The summed E-state index contributed by atoms with van der Waals surface area (Å²) in [7, 11) is 0. The minimum atomic E-state index is -0.933. The molecule has 0 saturated carbocycles. The van der Waals surface area contributed by atoms with E-state index >= 15 is 0 Å². The first-order chi connectivity index (χ1) is 6.91. The second-order valence-electron chi connectivity index (χ2n) is 4.23. The molecule has 1 heterocycles. The minimum absolute atomic E-state index is 0.156. The van der Waals surface area contributed by atoms with Gasteiger partial charge in [0, 0.05) is 12.2 Å². The van der Waals surface area contributed by atoms with Crippen LogP contribution in [0.2, 0.25) is 5.02 Å². The predicted octanol–water partition coefficient (Wildman–Crippen LogP) is 3.45. The molecule has 1 N–H and O–H groups in total. The molecule has 1 aromatic rings. The largest absolute Gasteiger partial charge is 0.477 e. The molecule has 0 spiro atoms. The van der Waals surface area contributed by atoms with E-state index in [1.807, 2.05) is 6.92 Å². The van der Waals surface area contributed by atoms with Crippen LogP contribution in [-0.2, 0) is 0 Å². The maximum atomic E-state index is 10.9. The zero-order chi connectivity index (χ0) is 11.6. The molecule has 1 unspecified atom stereocenters. The van der Waals surface area contributed by atoms with Gasteiger partial charge in [-0.3, -0.25) is 0 Å². The van der Waals surface area contributed by atoms with Crippen LogP contribution in [0.1, 0.15) is 43.7 Å². The molecule has 0 amide bonds. The van der Waals surface area contributed by atoms with Crippen LogP contribution in [0.3, 0.4) is 0 Å². The highest BCUT2D eigenvalue weighted by atomic mass is 35.5. The molecule has 0 fully saturated rings. The molecular formula is C11H16ClNO2. The van der Waals surface area contributed by atoms with Gasteiger partial charge in [-0.1, -0.05) is 25.4 Å². The highest BCUT2D eigenvalue weighted by Gasteiger charge is 2.16. The maximum Gasteiger partial charge on any atom is 0.352 e. The Bertz CT molecular complexity index is 357. The van der Waals surface area contributed by atoms with E-state index in [0.29, 0.717) is 10.9 Å². The average molecular weight is 230 g/mol. The molecule has 3 nitrogen and oxygen atoms in total. The monoisotopic (exact) mass is 229 g/mol. The number of carboxylic acid groups (broad SMARTS) is 1. The Balaban J connectivity index is 2.96. The molecule has 84 valence electrons. The first-order valence-corrected chi connectivity index (χ1v) is 5.40. The van der Waals surface area contributed by atoms with Crippen LogP contribution in [0.25, 0.3) is 0 Å². The van der Waals surface area contributed by atoms with E-state index < -0.39 is 5.97 Å². The Labute approximate surface area is 94.7 Å². The first kappa shape index (κ1) is 12.1. The molecule has 0 saturated heterocycles. The molecule has 15 heavy (non-hydrogen) atoms. The molecule has 1 aromatic heterocycles. The van der Waals surface area contributed by atoms with Gasteiger partial charge in [0.2, 0.25) is 0 Å². The van der Waals surface area contributed by atoms with Crippen molar-refractivity contribution in [2.75, 3.05) is 0 Å². The molecule has 0 bridgehead atoms. The summed E-state index contributed by atoms with van der Waals surface area (Å²) < 4.78 is 1.73. The standard InChI is InChI=1S/C11H16ClNO2/c1-7(2)4-8(3)13-6-9(12)5-10(13)11(14)15/h5-8H,4H2,1-3H3,(H,14,15). The number of carboxylic acids is 1. The lowest BCUT2D eigenvalue weighted by Gasteiger charge is -2.17. The first-order valence-electron chi connectivity index (χ1n) is 5.02. The second-order valence-corrected chi connectivity index (χ2v) is 4.67. The zero-order valence-corrected chi connectivity index (χ0v) is 9.95. The van der Waals surface area contributed by atoms with Crippen LogP contribution in [0, 0.1) is 5.92 Å². The minimum Gasteiger partial charge on any atom is -0.477 e. The van der Waals surface area contributed by atoms with Gasteiger partial charge in [0.05, 0.1) is 5.02 Å². The van der Waals surface area contributed by atoms with E-state index in [9.17, 15) is 4.79 Å². The summed E-state index contributed by atoms with van der Waals surface area (Å²) in [6, 6.07) is 1.64. The van der Waals surface area contributed by atoms with Gasteiger partial charge in [0.15, 0.2) is 0 Å². The van der Waals surface area contributed by atoms with Crippen molar-refractivity contribution in [1.82, 2.24) is 4.57 Å². The number of carbonyl (C=O) groups is 1. The van der Waals surface area contributed by atoms with Crippen LogP contribution < -0.4 is 0 Å². The van der Waals surface area contributed by atoms with Crippen molar-refractivity contribution in [2.45, 2.75) is 33.2 Å². The number of hydrogen-bond acceptors (Lipinski definition) is 1. The number of aromatic nitrogens is 1. The normalized spacial score (nSPS) is 13.1. The smallest absolute Gasteiger partial charge is 0.352 e. The second kappa shape index (κ2) is 4.71. The van der Waals surface area contributed by atoms with Crippen molar-refractivity contribution in [1.29, 1.82) is 0 Å². The topological polar surface area (TPSA) is 42.2 Å². The van der Waals surface area contributed by atoms with Gasteiger partial charge in [-0.15, -0.1) is 0 Å². The van der Waals surface area contributed by atoms with Crippen LogP contribution in [0.4, 0.5) is 0 Å². The number of aromatic carboxylic acids is 1. The van der Waals surface area contributed by atoms with E-state index in [2.05, 4.69) is 13.8 Å². The van der Waals surface area contributed by atoms with Crippen LogP contribution in [0.5, 0.6) is 0 Å². The molecule has 0 radical (unpaired) electrons. The van der Waals surface area contributed by atoms with Gasteiger partial charge in [-0.05, 0) is 25.3 Å². The lowest BCUT2D eigenvalue weighted by atomic mass is 10.1. The van der Waals surface area contributed by atoms with Gasteiger partial charge in [0.25, 0.3) is 0 Å². The third-order valence-corrected chi connectivity index (χ3v) is 2.53. The molecular weight excluding hydrogens is 214 g/mol. The highest BCUT2D eigenvalue weighted by molar-refractivity contribution is 6.30. The molecule has 0 aliphatic rings. The Morgan fingerprint density at radius 1 is 1.53 bits per heavy atom. The summed E-state index contributed by atoms with van der Waals surface area (Å²) in [6.07, 6.45) is 2.61. The fourth-order valence-electron chi connectivity index (χ4n) is 1.78. The van der Waals surface area contributed by atoms with Crippen molar-refractivity contribution >= 4 is 17.6 Å². The summed E-state index contributed by atoms with van der Waals surface area (Å²) >= 11 is 5.81. The summed E-state index contributed by atoms with van der Waals surface area (Å²) in [6.45, 7) is 6.23. The van der Waals surface area contributed by atoms with Crippen molar-refractivity contribution < 1.29 is 9.90 Å². The van der Waals surface area contributed by atoms with Crippen molar-refractivity contribution in [2.24, 2.45) is 5.92 Å². The predicted molar refractivity (Wildman–Crippen MR) is 60.6 cm³/mol. The van der Waals surface area contributed by atoms with E-state index in [0.717, 1.165) is 6.42 Å². The van der Waals surface area contributed by atoms with Gasteiger partial charge < -0.3 is 9.67 Å². The molecule has 0 aliphatic carbocycles. The van der Waals surface area contributed by atoms with Gasteiger partial charge in [-0.25, -0.2) is 4.79 Å². The number of nitrogens with zero attached hydrogens (tertiary/aromatic N) is 1. The Morgan fingerprint density at radius 3 is 2.60 bits per heavy atom. The fourth-order valence-corrected chi connectivity index (χ4v) is 1.99. The van der Waals surface area contributed by atoms with E-state index in [1.54, 1.807) is 10.8 Å². The third kappa shape index (κ3) is 2.99. The van der Waals surface area contributed by atoms with Gasteiger partial charge >= 0.3 is 5.97 Å². The maximum absolute atomic E-state index is 10.9. The molecule has 1 atom stereocenters. The lowest BCUT2D eigenvalue weighted by Crippen LogP contribution is -2.13. The fraction of sp³-hybridized carbons (Fsp3) is 0.545. The van der Waals surface area contributed by atoms with E-state index in [-0.39, 0.29) is 11.7 Å². The third-order valence-electron chi connectivity index (χ3n) is 2.32. The van der Waals surface area contributed by atoms with E-state index in [1.165, 1.54) is 6.07 Å². The Morgan fingerprint density at radius 2 is 2.13 bits per heavy atom.